The molecule has 1 aromatic carbocycles. The minimum atomic E-state index is -1.31. The van der Waals surface area contributed by atoms with E-state index in [9.17, 15) is 8.78 Å². The summed E-state index contributed by atoms with van der Waals surface area (Å²) in [6.07, 6.45) is 2.12. The van der Waals surface area contributed by atoms with Gasteiger partial charge in [-0.25, -0.2) is 8.78 Å². The molecule has 0 bridgehead atoms. The van der Waals surface area contributed by atoms with Crippen LogP contribution in [0.4, 0.5) is 8.78 Å². The van der Waals surface area contributed by atoms with Gasteiger partial charge in [0.25, 0.3) is 0 Å². The summed E-state index contributed by atoms with van der Waals surface area (Å²) in [6, 6.07) is 4.15. The van der Waals surface area contributed by atoms with Crippen LogP contribution in [0.1, 0.15) is 25.3 Å². The first-order valence-electron chi connectivity index (χ1n) is 6.32. The zero-order valence-electron chi connectivity index (χ0n) is 10.5. The van der Waals surface area contributed by atoms with Gasteiger partial charge in [0, 0.05) is 23.9 Å². The summed E-state index contributed by atoms with van der Waals surface area (Å²) in [6.45, 7) is 3.28. The molecule has 1 saturated heterocycles. The number of rotatable bonds is 3. The average molecular weight is 274 g/mol. The highest BCUT2D eigenvalue weighted by molar-refractivity contribution is 6.31. The molecule has 1 aliphatic rings. The number of nitrogens with one attached hydrogen (secondary N) is 1. The molecule has 18 heavy (non-hydrogen) atoms. The van der Waals surface area contributed by atoms with Crippen molar-refractivity contribution in [3.05, 3.63) is 34.6 Å². The lowest BCUT2D eigenvalue weighted by Gasteiger charge is -2.34. The molecule has 2 atom stereocenters. The lowest BCUT2D eigenvalue weighted by atomic mass is 9.81. The minimum Gasteiger partial charge on any atom is -0.316 e. The Kier molecular flexibility index (Phi) is 4.23. The van der Waals surface area contributed by atoms with Crippen molar-refractivity contribution in [1.29, 1.82) is 0 Å². The second kappa shape index (κ2) is 5.54. The van der Waals surface area contributed by atoms with E-state index < -0.39 is 5.67 Å². The van der Waals surface area contributed by atoms with Crippen LogP contribution in [0.25, 0.3) is 0 Å². The van der Waals surface area contributed by atoms with Gasteiger partial charge in [0.05, 0.1) is 0 Å². The first kappa shape index (κ1) is 13.8. The Balaban J connectivity index is 2.10. The Morgan fingerprint density at radius 2 is 2.28 bits per heavy atom. The summed E-state index contributed by atoms with van der Waals surface area (Å²) >= 11 is 5.95. The van der Waals surface area contributed by atoms with Crippen LogP contribution in [0.5, 0.6) is 0 Å². The number of alkyl halides is 1. The Bertz CT molecular complexity index is 414. The van der Waals surface area contributed by atoms with Crippen LogP contribution in [0.3, 0.4) is 0 Å². The SMILES string of the molecule is CC(F)(Cc1ccc(F)cc1Cl)C1CCCNC1. The van der Waals surface area contributed by atoms with Gasteiger partial charge in [-0.05, 0) is 44.0 Å². The van der Waals surface area contributed by atoms with Gasteiger partial charge < -0.3 is 5.32 Å². The monoisotopic (exact) mass is 273 g/mol. The average Bonchev–Trinajstić information content (AvgIpc) is 2.34. The summed E-state index contributed by atoms with van der Waals surface area (Å²) in [7, 11) is 0. The molecule has 0 radical (unpaired) electrons. The quantitative estimate of drug-likeness (QED) is 0.884. The second-order valence-electron chi connectivity index (χ2n) is 5.23. The van der Waals surface area contributed by atoms with Crippen molar-refractivity contribution in [2.24, 2.45) is 5.92 Å². The lowest BCUT2D eigenvalue weighted by Crippen LogP contribution is -2.42. The van der Waals surface area contributed by atoms with E-state index in [-0.39, 0.29) is 18.2 Å². The molecule has 1 fully saturated rings. The fourth-order valence-electron chi connectivity index (χ4n) is 2.55. The molecule has 2 unspecified atom stereocenters. The summed E-state index contributed by atoms with van der Waals surface area (Å²) in [4.78, 5) is 0. The third-order valence-electron chi connectivity index (χ3n) is 3.70. The van der Waals surface area contributed by atoms with Crippen LogP contribution in [-0.4, -0.2) is 18.8 Å². The van der Waals surface area contributed by atoms with Gasteiger partial charge in [0.15, 0.2) is 0 Å². The maximum atomic E-state index is 14.7. The molecular formula is C14H18ClF2N. The van der Waals surface area contributed by atoms with Crippen molar-refractivity contribution >= 4 is 11.6 Å². The lowest BCUT2D eigenvalue weighted by molar-refractivity contribution is 0.0833. The van der Waals surface area contributed by atoms with E-state index >= 15 is 0 Å². The molecule has 0 aliphatic carbocycles. The zero-order chi connectivity index (χ0) is 13.2. The predicted octanol–water partition coefficient (Wildman–Crippen LogP) is 3.75. The zero-order valence-corrected chi connectivity index (χ0v) is 11.2. The van der Waals surface area contributed by atoms with Crippen LogP contribution < -0.4 is 5.32 Å². The number of piperidine rings is 1. The van der Waals surface area contributed by atoms with E-state index in [1.807, 2.05) is 0 Å². The Labute approximate surface area is 112 Å². The van der Waals surface area contributed by atoms with E-state index in [0.29, 0.717) is 17.1 Å². The van der Waals surface area contributed by atoms with E-state index in [4.69, 9.17) is 11.6 Å². The summed E-state index contributed by atoms with van der Waals surface area (Å²) in [5.41, 5.74) is -0.636. The fourth-order valence-corrected chi connectivity index (χ4v) is 2.78. The molecule has 0 amide bonds. The van der Waals surface area contributed by atoms with Gasteiger partial charge in [0.1, 0.15) is 11.5 Å². The van der Waals surface area contributed by atoms with Gasteiger partial charge in [-0.2, -0.15) is 0 Å². The summed E-state index contributed by atoms with van der Waals surface area (Å²) in [5, 5.41) is 3.53. The normalized spacial score (nSPS) is 23.7. The molecular weight excluding hydrogens is 256 g/mol. The number of benzene rings is 1. The Morgan fingerprint density at radius 3 is 2.89 bits per heavy atom. The van der Waals surface area contributed by atoms with E-state index in [0.717, 1.165) is 19.4 Å². The van der Waals surface area contributed by atoms with Gasteiger partial charge in [-0.15, -0.1) is 0 Å². The van der Waals surface area contributed by atoms with Crippen molar-refractivity contribution in [2.75, 3.05) is 13.1 Å². The first-order valence-corrected chi connectivity index (χ1v) is 6.70. The molecule has 1 aliphatic heterocycles. The number of hydrogen-bond acceptors (Lipinski definition) is 1. The Hall–Kier alpha value is -0.670. The van der Waals surface area contributed by atoms with Crippen LogP contribution in [-0.2, 0) is 6.42 Å². The molecule has 1 heterocycles. The van der Waals surface area contributed by atoms with Crippen molar-refractivity contribution in [3.63, 3.8) is 0 Å². The number of halogens is 3. The van der Waals surface area contributed by atoms with E-state index in [1.165, 1.54) is 12.1 Å². The molecule has 100 valence electrons. The molecule has 0 saturated carbocycles. The van der Waals surface area contributed by atoms with Gasteiger partial charge in [-0.1, -0.05) is 17.7 Å². The Morgan fingerprint density at radius 1 is 1.50 bits per heavy atom. The topological polar surface area (TPSA) is 12.0 Å². The van der Waals surface area contributed by atoms with Crippen LogP contribution >= 0.6 is 11.6 Å². The van der Waals surface area contributed by atoms with Crippen molar-refractivity contribution in [3.8, 4) is 0 Å². The molecule has 0 spiro atoms. The fraction of sp³-hybridized carbons (Fsp3) is 0.571. The first-order chi connectivity index (χ1) is 8.49. The van der Waals surface area contributed by atoms with Crippen molar-refractivity contribution in [1.82, 2.24) is 5.32 Å². The largest absolute Gasteiger partial charge is 0.316 e. The summed E-state index contributed by atoms with van der Waals surface area (Å²) < 4.78 is 27.7. The van der Waals surface area contributed by atoms with Crippen LogP contribution in [0.15, 0.2) is 18.2 Å². The molecule has 2 rings (SSSR count). The minimum absolute atomic E-state index is 0.00707. The van der Waals surface area contributed by atoms with Crippen LogP contribution in [0, 0.1) is 11.7 Å². The van der Waals surface area contributed by atoms with Gasteiger partial charge >= 0.3 is 0 Å². The molecule has 0 aromatic heterocycles. The highest BCUT2D eigenvalue weighted by Gasteiger charge is 2.35. The molecule has 4 heteroatoms. The molecule has 1 N–H and O–H groups in total. The second-order valence-corrected chi connectivity index (χ2v) is 5.64. The summed E-state index contributed by atoms with van der Waals surface area (Å²) in [5.74, 6) is -0.393. The van der Waals surface area contributed by atoms with Gasteiger partial charge in [0.2, 0.25) is 0 Å². The highest BCUT2D eigenvalue weighted by atomic mass is 35.5. The third-order valence-corrected chi connectivity index (χ3v) is 4.05. The third kappa shape index (κ3) is 3.21. The molecule has 1 aromatic rings. The van der Waals surface area contributed by atoms with Crippen molar-refractivity contribution in [2.45, 2.75) is 31.9 Å². The number of hydrogen-bond donors (Lipinski definition) is 1. The van der Waals surface area contributed by atoms with Crippen molar-refractivity contribution < 1.29 is 8.78 Å². The van der Waals surface area contributed by atoms with E-state index in [1.54, 1.807) is 13.0 Å². The maximum absolute atomic E-state index is 14.7. The maximum Gasteiger partial charge on any atom is 0.124 e. The van der Waals surface area contributed by atoms with Crippen LogP contribution in [0.2, 0.25) is 5.02 Å². The predicted molar refractivity (Wildman–Crippen MR) is 70.2 cm³/mol. The highest BCUT2D eigenvalue weighted by Crippen LogP contribution is 2.33. The van der Waals surface area contributed by atoms with Gasteiger partial charge in [-0.3, -0.25) is 0 Å². The smallest absolute Gasteiger partial charge is 0.124 e. The van der Waals surface area contributed by atoms with E-state index in [2.05, 4.69) is 5.32 Å². The molecule has 1 nitrogen and oxygen atoms in total. The standard InChI is InChI=1S/C14H18ClF2N/c1-14(17,11-3-2-6-18-9-11)8-10-4-5-12(16)7-13(10)15/h4-5,7,11,18H,2-3,6,8-9H2,1H3.